The van der Waals surface area contributed by atoms with Crippen LogP contribution < -0.4 is 0 Å². The van der Waals surface area contributed by atoms with Gasteiger partial charge in [0.1, 0.15) is 0 Å². The molecule has 4 heteroatoms. The fourth-order valence-corrected chi connectivity index (χ4v) is 0.854. The molecule has 0 amide bonds. The Labute approximate surface area is 85.8 Å². The van der Waals surface area contributed by atoms with E-state index in [9.17, 15) is 0 Å². The zero-order chi connectivity index (χ0) is 10.8. The van der Waals surface area contributed by atoms with Gasteiger partial charge in [0, 0.05) is 25.7 Å². The van der Waals surface area contributed by atoms with Crippen molar-refractivity contribution in [1.82, 2.24) is 0 Å². The molecule has 2 atom stereocenters. The van der Waals surface area contributed by atoms with E-state index in [2.05, 4.69) is 0 Å². The highest BCUT2D eigenvalue weighted by Crippen LogP contribution is 1.94. The summed E-state index contributed by atoms with van der Waals surface area (Å²) in [5, 5.41) is 17.6. The third-order valence-electron chi connectivity index (χ3n) is 1.65. The van der Waals surface area contributed by atoms with Crippen molar-refractivity contribution in [3.63, 3.8) is 0 Å². The maximum absolute atomic E-state index is 8.88. The topological polar surface area (TPSA) is 58.9 Å². The van der Waals surface area contributed by atoms with Crippen LogP contribution in [0.15, 0.2) is 0 Å². The molecule has 0 fully saturated rings. The largest absolute Gasteiger partial charge is 0.396 e. The van der Waals surface area contributed by atoms with Gasteiger partial charge in [-0.05, 0) is 13.3 Å². The molecule has 86 valence electrons. The molecule has 14 heavy (non-hydrogen) atoms. The number of aliphatic hydroxyl groups is 2. The Morgan fingerprint density at radius 3 is 2.14 bits per heavy atom. The number of rotatable bonds is 9. The van der Waals surface area contributed by atoms with E-state index < -0.39 is 6.10 Å². The number of hydrogen-bond donors (Lipinski definition) is 2. The average Bonchev–Trinajstić information content (AvgIpc) is 2.15. The molecule has 0 heterocycles. The van der Waals surface area contributed by atoms with E-state index in [4.69, 9.17) is 19.7 Å². The lowest BCUT2D eigenvalue weighted by Crippen LogP contribution is -2.13. The van der Waals surface area contributed by atoms with Crippen molar-refractivity contribution in [1.29, 1.82) is 0 Å². The first-order chi connectivity index (χ1) is 6.66. The molecule has 0 saturated carbocycles. The first kappa shape index (κ1) is 13.8. The van der Waals surface area contributed by atoms with Crippen LogP contribution in [0.2, 0.25) is 0 Å². The van der Waals surface area contributed by atoms with E-state index in [1.807, 2.05) is 6.92 Å². The van der Waals surface area contributed by atoms with Crippen LogP contribution in [0.1, 0.15) is 20.3 Å². The molecule has 0 aliphatic heterocycles. The van der Waals surface area contributed by atoms with Gasteiger partial charge in [-0.2, -0.15) is 0 Å². The van der Waals surface area contributed by atoms with E-state index in [1.165, 1.54) is 0 Å². The van der Waals surface area contributed by atoms with E-state index in [0.29, 0.717) is 26.4 Å². The normalized spacial score (nSPS) is 15.4. The van der Waals surface area contributed by atoms with E-state index in [-0.39, 0.29) is 12.5 Å². The Bertz CT molecular complexity index is 117. The van der Waals surface area contributed by atoms with Gasteiger partial charge in [-0.1, -0.05) is 6.92 Å². The van der Waals surface area contributed by atoms with Gasteiger partial charge < -0.3 is 19.7 Å². The zero-order valence-corrected chi connectivity index (χ0v) is 9.11. The third kappa shape index (κ3) is 9.92. The first-order valence-electron chi connectivity index (χ1n) is 5.11. The Balaban J connectivity index is 2.99. The fraction of sp³-hybridized carbons (Fsp3) is 1.00. The van der Waals surface area contributed by atoms with Crippen molar-refractivity contribution in [2.75, 3.05) is 33.0 Å². The molecule has 0 saturated heterocycles. The van der Waals surface area contributed by atoms with E-state index >= 15 is 0 Å². The van der Waals surface area contributed by atoms with Crippen molar-refractivity contribution >= 4 is 0 Å². The summed E-state index contributed by atoms with van der Waals surface area (Å²) in [6.07, 6.45) is 0.426. The molecule has 0 rings (SSSR count). The molecule has 4 nitrogen and oxygen atoms in total. The molecule has 2 unspecified atom stereocenters. The third-order valence-corrected chi connectivity index (χ3v) is 1.65. The molecule has 0 radical (unpaired) electrons. The van der Waals surface area contributed by atoms with Gasteiger partial charge >= 0.3 is 0 Å². The Morgan fingerprint density at radius 2 is 1.64 bits per heavy atom. The van der Waals surface area contributed by atoms with Crippen molar-refractivity contribution in [2.45, 2.75) is 26.4 Å². The fourth-order valence-electron chi connectivity index (χ4n) is 0.854. The van der Waals surface area contributed by atoms with E-state index in [0.717, 1.165) is 6.42 Å². The molecule has 2 N–H and O–H groups in total. The predicted octanol–water partition coefficient (Wildman–Crippen LogP) is 0.419. The Morgan fingerprint density at radius 1 is 1.07 bits per heavy atom. The maximum atomic E-state index is 8.88. The van der Waals surface area contributed by atoms with Crippen LogP contribution in [0, 0.1) is 5.92 Å². The molecule has 0 aliphatic carbocycles. The van der Waals surface area contributed by atoms with Crippen LogP contribution >= 0.6 is 0 Å². The molecular weight excluding hydrogens is 184 g/mol. The molecule has 0 spiro atoms. The lowest BCUT2D eigenvalue weighted by atomic mass is 10.2. The lowest BCUT2D eigenvalue weighted by molar-refractivity contribution is 0.0255. The van der Waals surface area contributed by atoms with Gasteiger partial charge in [0.25, 0.3) is 0 Å². The zero-order valence-electron chi connectivity index (χ0n) is 9.11. The highest BCUT2D eigenvalue weighted by molar-refractivity contribution is 4.47. The molecule has 0 aromatic heterocycles. The van der Waals surface area contributed by atoms with Crippen molar-refractivity contribution in [3.05, 3.63) is 0 Å². The minimum Gasteiger partial charge on any atom is -0.396 e. The Hall–Kier alpha value is -0.160. The maximum Gasteiger partial charge on any atom is 0.0745 e. The number of hydrogen-bond acceptors (Lipinski definition) is 4. The summed E-state index contributed by atoms with van der Waals surface area (Å²) in [6.45, 7) is 6.02. The van der Waals surface area contributed by atoms with Crippen molar-refractivity contribution in [2.24, 2.45) is 5.92 Å². The summed E-state index contributed by atoms with van der Waals surface area (Å²) in [5.41, 5.74) is 0. The first-order valence-corrected chi connectivity index (χ1v) is 5.11. The monoisotopic (exact) mass is 206 g/mol. The van der Waals surface area contributed by atoms with Gasteiger partial charge in [0.2, 0.25) is 0 Å². The summed E-state index contributed by atoms with van der Waals surface area (Å²) < 4.78 is 10.4. The van der Waals surface area contributed by atoms with E-state index in [1.54, 1.807) is 6.92 Å². The predicted molar refractivity (Wildman–Crippen MR) is 54.2 cm³/mol. The summed E-state index contributed by atoms with van der Waals surface area (Å²) >= 11 is 0. The highest BCUT2D eigenvalue weighted by atomic mass is 16.5. The van der Waals surface area contributed by atoms with Crippen LogP contribution in [0.25, 0.3) is 0 Å². The minimum absolute atomic E-state index is 0.165. The summed E-state index contributed by atoms with van der Waals surface area (Å²) in [4.78, 5) is 0. The standard InChI is InChI=1S/C10H22O4/c1-9(6-11)7-13-4-3-5-14-8-10(2)12/h9-12H,3-8H2,1-2H3. The number of aliphatic hydroxyl groups excluding tert-OH is 2. The number of ether oxygens (including phenoxy) is 2. The molecular formula is C10H22O4. The molecule has 0 bridgehead atoms. The van der Waals surface area contributed by atoms with Gasteiger partial charge in [-0.25, -0.2) is 0 Å². The van der Waals surface area contributed by atoms with Crippen LogP contribution in [-0.4, -0.2) is 49.4 Å². The molecule has 0 aliphatic rings. The van der Waals surface area contributed by atoms with Crippen LogP contribution in [0.3, 0.4) is 0 Å². The summed E-state index contributed by atoms with van der Waals surface area (Å²) in [7, 11) is 0. The highest BCUT2D eigenvalue weighted by Gasteiger charge is 1.99. The summed E-state index contributed by atoms with van der Waals surface area (Å²) in [5.74, 6) is 0.202. The van der Waals surface area contributed by atoms with Crippen LogP contribution in [-0.2, 0) is 9.47 Å². The van der Waals surface area contributed by atoms with Crippen molar-refractivity contribution in [3.8, 4) is 0 Å². The van der Waals surface area contributed by atoms with Gasteiger partial charge in [0.15, 0.2) is 0 Å². The quantitative estimate of drug-likeness (QED) is 0.537. The Kier molecular flexibility index (Phi) is 9.29. The second kappa shape index (κ2) is 9.40. The lowest BCUT2D eigenvalue weighted by Gasteiger charge is -2.09. The van der Waals surface area contributed by atoms with Gasteiger partial charge in [-0.3, -0.25) is 0 Å². The minimum atomic E-state index is -0.398. The second-order valence-electron chi connectivity index (χ2n) is 3.64. The van der Waals surface area contributed by atoms with Crippen LogP contribution in [0.4, 0.5) is 0 Å². The average molecular weight is 206 g/mol. The summed E-state index contributed by atoms with van der Waals surface area (Å²) in [6, 6.07) is 0. The SMILES string of the molecule is CC(O)COCCCOCC(C)CO. The van der Waals surface area contributed by atoms with Gasteiger partial charge in [0.05, 0.1) is 19.3 Å². The smallest absolute Gasteiger partial charge is 0.0745 e. The molecule has 0 aromatic carbocycles. The second-order valence-corrected chi connectivity index (χ2v) is 3.64. The van der Waals surface area contributed by atoms with Crippen molar-refractivity contribution < 1.29 is 19.7 Å². The van der Waals surface area contributed by atoms with Crippen LogP contribution in [0.5, 0.6) is 0 Å². The van der Waals surface area contributed by atoms with Gasteiger partial charge in [-0.15, -0.1) is 0 Å². The molecule has 0 aromatic rings.